The molecule has 0 rings (SSSR count). The molecule has 1 amide bonds. The monoisotopic (exact) mass is 792 g/mol. The summed E-state index contributed by atoms with van der Waals surface area (Å²) in [6.07, 6.45) is 52.1. The summed E-state index contributed by atoms with van der Waals surface area (Å²) in [7, 11) is 0. The zero-order valence-electron chi connectivity index (χ0n) is 37.6. The number of ether oxygens (including phenoxy) is 1. The lowest BCUT2D eigenvalue weighted by Crippen LogP contribution is -2.45. The van der Waals surface area contributed by atoms with Crippen molar-refractivity contribution in [1.29, 1.82) is 0 Å². The SMILES string of the molecule is CCCCCCCCCC/C=C/C(O)C(CO)NC(=O)CCCCCCCCCCCCCCCCCOC(=O)CCCCCCCCCCCCCCCC. The van der Waals surface area contributed by atoms with Crippen molar-refractivity contribution < 1.29 is 24.5 Å². The molecule has 0 aliphatic heterocycles. The summed E-state index contributed by atoms with van der Waals surface area (Å²) < 4.78 is 5.46. The number of aliphatic hydroxyl groups is 2. The van der Waals surface area contributed by atoms with Crippen molar-refractivity contribution in [3.05, 3.63) is 12.2 Å². The number of esters is 1. The van der Waals surface area contributed by atoms with Crippen LogP contribution in [0.3, 0.4) is 0 Å². The predicted molar refractivity (Wildman–Crippen MR) is 241 cm³/mol. The number of carbonyl (C=O) groups is 2. The van der Waals surface area contributed by atoms with E-state index in [4.69, 9.17) is 4.74 Å². The molecule has 0 aromatic heterocycles. The minimum Gasteiger partial charge on any atom is -0.466 e. The van der Waals surface area contributed by atoms with Crippen molar-refractivity contribution in [3.63, 3.8) is 0 Å². The molecule has 0 bridgehead atoms. The van der Waals surface area contributed by atoms with Crippen LogP contribution < -0.4 is 5.32 Å². The van der Waals surface area contributed by atoms with Gasteiger partial charge in [0.2, 0.25) is 5.91 Å². The number of allylic oxidation sites excluding steroid dienone is 1. The summed E-state index contributed by atoms with van der Waals surface area (Å²) in [5.41, 5.74) is 0. The van der Waals surface area contributed by atoms with Crippen LogP contribution in [0.25, 0.3) is 0 Å². The number of hydrogen-bond donors (Lipinski definition) is 3. The smallest absolute Gasteiger partial charge is 0.305 e. The molecule has 3 N–H and O–H groups in total. The van der Waals surface area contributed by atoms with Gasteiger partial charge < -0.3 is 20.3 Å². The zero-order valence-corrected chi connectivity index (χ0v) is 37.6. The second-order valence-electron chi connectivity index (χ2n) is 17.2. The number of amides is 1. The van der Waals surface area contributed by atoms with Gasteiger partial charge in [0, 0.05) is 12.8 Å². The fourth-order valence-electron chi connectivity index (χ4n) is 7.69. The molecule has 0 aliphatic carbocycles. The number of aliphatic hydroxyl groups excluding tert-OH is 2. The summed E-state index contributed by atoms with van der Waals surface area (Å²) in [5.74, 6) is -0.0765. The number of hydrogen-bond acceptors (Lipinski definition) is 5. The van der Waals surface area contributed by atoms with E-state index in [-0.39, 0.29) is 18.5 Å². The fourth-order valence-corrected chi connectivity index (χ4v) is 7.69. The van der Waals surface area contributed by atoms with Gasteiger partial charge >= 0.3 is 5.97 Å². The Bertz CT molecular complexity index is 832. The van der Waals surface area contributed by atoms with Crippen LogP contribution in [0.5, 0.6) is 0 Å². The molecule has 0 saturated carbocycles. The molecule has 6 heteroatoms. The van der Waals surface area contributed by atoms with Crippen LogP contribution >= 0.6 is 0 Å². The number of carbonyl (C=O) groups excluding carboxylic acids is 2. The summed E-state index contributed by atoms with van der Waals surface area (Å²) >= 11 is 0. The average molecular weight is 792 g/mol. The van der Waals surface area contributed by atoms with Crippen molar-refractivity contribution in [2.24, 2.45) is 0 Å². The second kappa shape index (κ2) is 46.3. The van der Waals surface area contributed by atoms with Crippen molar-refractivity contribution in [1.82, 2.24) is 5.32 Å². The Hall–Kier alpha value is -1.40. The summed E-state index contributed by atoms with van der Waals surface area (Å²) in [6.45, 7) is 4.87. The van der Waals surface area contributed by atoms with Crippen LogP contribution in [0.2, 0.25) is 0 Å². The quantitative estimate of drug-likeness (QED) is 0.0324. The van der Waals surface area contributed by atoms with E-state index in [1.165, 1.54) is 199 Å². The summed E-state index contributed by atoms with van der Waals surface area (Å²) in [5, 5.41) is 22.9. The first kappa shape index (κ1) is 54.6. The third-order valence-corrected chi connectivity index (χ3v) is 11.6. The fraction of sp³-hybridized carbons (Fsp3) is 0.920. The lowest BCUT2D eigenvalue weighted by Gasteiger charge is -2.20. The number of rotatable bonds is 46. The van der Waals surface area contributed by atoms with Crippen LogP contribution in [0, 0.1) is 0 Å². The van der Waals surface area contributed by atoms with Gasteiger partial charge in [0.25, 0.3) is 0 Å². The third-order valence-electron chi connectivity index (χ3n) is 11.6. The molecule has 56 heavy (non-hydrogen) atoms. The zero-order chi connectivity index (χ0) is 40.8. The molecule has 0 heterocycles. The maximum absolute atomic E-state index is 12.4. The van der Waals surface area contributed by atoms with E-state index < -0.39 is 12.1 Å². The highest BCUT2D eigenvalue weighted by molar-refractivity contribution is 5.76. The highest BCUT2D eigenvalue weighted by Gasteiger charge is 2.18. The molecule has 0 aromatic carbocycles. The minimum absolute atomic E-state index is 0.00144. The summed E-state index contributed by atoms with van der Waals surface area (Å²) in [6, 6.07) is -0.631. The molecule has 0 spiro atoms. The first-order chi connectivity index (χ1) is 27.5. The largest absolute Gasteiger partial charge is 0.466 e. The van der Waals surface area contributed by atoms with Gasteiger partial charge in [-0.2, -0.15) is 0 Å². The Balaban J connectivity index is 3.42. The molecular formula is C50H97NO5. The predicted octanol–water partition coefficient (Wildman–Crippen LogP) is 14.6. The standard InChI is InChI=1S/C50H97NO5/c1-3-5-7-9-11-13-15-16-21-24-28-32-36-40-44-50(55)56-45-41-37-33-29-25-22-19-17-18-20-23-27-31-35-39-43-49(54)51-47(46-52)48(53)42-38-34-30-26-14-12-10-8-6-4-2/h38,42,47-48,52-53H,3-37,39-41,43-46H2,1-2H3,(H,51,54)/b42-38+. The highest BCUT2D eigenvalue weighted by Crippen LogP contribution is 2.16. The molecule has 0 saturated heterocycles. The molecule has 6 nitrogen and oxygen atoms in total. The van der Waals surface area contributed by atoms with Crippen LogP contribution in [0.4, 0.5) is 0 Å². The Morgan fingerprint density at radius 2 is 0.821 bits per heavy atom. The number of unbranched alkanes of at least 4 members (excludes halogenated alkanes) is 35. The summed E-state index contributed by atoms with van der Waals surface area (Å²) in [4.78, 5) is 24.4. The van der Waals surface area contributed by atoms with Crippen molar-refractivity contribution >= 4 is 11.9 Å². The topological polar surface area (TPSA) is 95.9 Å². The molecule has 332 valence electrons. The van der Waals surface area contributed by atoms with E-state index in [9.17, 15) is 19.8 Å². The van der Waals surface area contributed by atoms with Gasteiger partial charge in [0.05, 0.1) is 25.4 Å². The average Bonchev–Trinajstić information content (AvgIpc) is 3.20. The van der Waals surface area contributed by atoms with Gasteiger partial charge in [-0.1, -0.05) is 238 Å². The molecule has 2 atom stereocenters. The van der Waals surface area contributed by atoms with Crippen LogP contribution in [0.1, 0.15) is 271 Å². The molecule has 0 fully saturated rings. The second-order valence-corrected chi connectivity index (χ2v) is 17.2. The van der Waals surface area contributed by atoms with E-state index in [2.05, 4.69) is 19.2 Å². The highest BCUT2D eigenvalue weighted by atomic mass is 16.5. The normalized spacial score (nSPS) is 12.7. The first-order valence-electron chi connectivity index (χ1n) is 25.0. The minimum atomic E-state index is -0.847. The molecular weight excluding hydrogens is 695 g/mol. The Kier molecular flexibility index (Phi) is 45.1. The van der Waals surface area contributed by atoms with E-state index in [0.29, 0.717) is 19.4 Å². The van der Waals surface area contributed by atoms with Gasteiger partial charge in [-0.05, 0) is 32.1 Å². The van der Waals surface area contributed by atoms with E-state index in [1.54, 1.807) is 6.08 Å². The van der Waals surface area contributed by atoms with Gasteiger partial charge in [-0.15, -0.1) is 0 Å². The van der Waals surface area contributed by atoms with Gasteiger partial charge in [-0.25, -0.2) is 0 Å². The van der Waals surface area contributed by atoms with Gasteiger partial charge in [0.15, 0.2) is 0 Å². The Morgan fingerprint density at radius 1 is 0.482 bits per heavy atom. The van der Waals surface area contributed by atoms with Crippen LogP contribution in [-0.4, -0.2) is 47.4 Å². The Morgan fingerprint density at radius 3 is 1.21 bits per heavy atom. The molecule has 0 aromatic rings. The van der Waals surface area contributed by atoms with E-state index >= 15 is 0 Å². The van der Waals surface area contributed by atoms with Crippen LogP contribution in [0.15, 0.2) is 12.2 Å². The molecule has 0 aliphatic rings. The Labute approximate surface area is 349 Å². The molecule has 2 unspecified atom stereocenters. The van der Waals surface area contributed by atoms with Gasteiger partial charge in [0.1, 0.15) is 0 Å². The van der Waals surface area contributed by atoms with Crippen molar-refractivity contribution in [2.75, 3.05) is 13.2 Å². The first-order valence-corrected chi connectivity index (χ1v) is 25.0. The van der Waals surface area contributed by atoms with Crippen LogP contribution in [-0.2, 0) is 14.3 Å². The van der Waals surface area contributed by atoms with E-state index in [1.807, 2.05) is 6.08 Å². The number of nitrogens with one attached hydrogen (secondary N) is 1. The lowest BCUT2D eigenvalue weighted by atomic mass is 10.0. The third kappa shape index (κ3) is 42.2. The maximum Gasteiger partial charge on any atom is 0.305 e. The maximum atomic E-state index is 12.4. The van der Waals surface area contributed by atoms with Crippen molar-refractivity contribution in [3.8, 4) is 0 Å². The molecule has 0 radical (unpaired) electrons. The van der Waals surface area contributed by atoms with Gasteiger partial charge in [-0.3, -0.25) is 9.59 Å². The van der Waals surface area contributed by atoms with Crippen molar-refractivity contribution in [2.45, 2.75) is 283 Å². The van der Waals surface area contributed by atoms with E-state index in [0.717, 1.165) is 44.9 Å². The lowest BCUT2D eigenvalue weighted by molar-refractivity contribution is -0.143.